The number of para-hydroxylation sites is 1. The molecule has 0 fully saturated rings. The fourth-order valence-corrected chi connectivity index (χ4v) is 3.67. The second-order valence-corrected chi connectivity index (χ2v) is 6.99. The first-order valence-corrected chi connectivity index (χ1v) is 9.60. The van der Waals surface area contributed by atoms with Crippen LogP contribution >= 0.6 is 0 Å². The molecule has 0 unspecified atom stereocenters. The molecule has 5 nitrogen and oxygen atoms in total. The molecule has 5 rings (SSSR count). The van der Waals surface area contributed by atoms with Gasteiger partial charge >= 0.3 is 0 Å². The van der Waals surface area contributed by atoms with Gasteiger partial charge in [0.05, 0.1) is 16.6 Å². The highest BCUT2D eigenvalue weighted by Crippen LogP contribution is 2.36. The predicted molar refractivity (Wildman–Crippen MR) is 116 cm³/mol. The van der Waals surface area contributed by atoms with Crippen molar-refractivity contribution in [2.24, 2.45) is 0 Å². The number of aromatic nitrogens is 3. The Morgan fingerprint density at radius 3 is 2.38 bits per heavy atom. The summed E-state index contributed by atoms with van der Waals surface area (Å²) >= 11 is 0. The minimum atomic E-state index is 0.469. The largest absolute Gasteiger partial charge is 0.462 e. The summed E-state index contributed by atoms with van der Waals surface area (Å²) in [6.45, 7) is 0. The fraction of sp³-hybridized carbons (Fsp3) is 0.0833. The van der Waals surface area contributed by atoms with E-state index in [2.05, 4.69) is 28.4 Å². The van der Waals surface area contributed by atoms with Crippen molar-refractivity contribution in [2.45, 2.75) is 12.8 Å². The van der Waals surface area contributed by atoms with Crippen LogP contribution in [0.5, 0.6) is 5.75 Å². The molecule has 3 N–H and O–H groups in total. The summed E-state index contributed by atoms with van der Waals surface area (Å²) in [7, 11) is 0. The van der Waals surface area contributed by atoms with E-state index < -0.39 is 0 Å². The standard InChI is InChI=1S/C24H20N4O/c25-24-21-22(17-11-13-19(14-12-17)29-18-9-5-2-6-10-18)26-15-20(23(21)27-28-24)16-7-3-1-4-8-16/h1-11,13,15H,12,14H2,(H3,25,27,28). The number of anilines is 1. The van der Waals surface area contributed by atoms with Crippen molar-refractivity contribution >= 4 is 22.3 Å². The Kier molecular flexibility index (Phi) is 4.33. The lowest BCUT2D eigenvalue weighted by molar-refractivity contribution is 0.404. The maximum atomic E-state index is 6.21. The van der Waals surface area contributed by atoms with Gasteiger partial charge in [0.15, 0.2) is 5.82 Å². The second-order valence-electron chi connectivity index (χ2n) is 6.99. The zero-order valence-corrected chi connectivity index (χ0v) is 15.8. The lowest BCUT2D eigenvalue weighted by atomic mass is 9.96. The van der Waals surface area contributed by atoms with Gasteiger partial charge in [0, 0.05) is 18.2 Å². The van der Waals surface area contributed by atoms with Crippen molar-refractivity contribution in [2.75, 3.05) is 5.73 Å². The predicted octanol–water partition coefficient (Wildman–Crippen LogP) is 5.35. The average molecular weight is 380 g/mol. The number of hydrogen-bond donors (Lipinski definition) is 2. The second kappa shape index (κ2) is 7.28. The van der Waals surface area contributed by atoms with Gasteiger partial charge in [-0.3, -0.25) is 10.1 Å². The van der Waals surface area contributed by atoms with E-state index in [-0.39, 0.29) is 0 Å². The highest BCUT2D eigenvalue weighted by Gasteiger charge is 2.19. The number of nitrogen functional groups attached to an aromatic ring is 1. The van der Waals surface area contributed by atoms with Crippen LogP contribution in [0, 0.1) is 0 Å². The van der Waals surface area contributed by atoms with E-state index >= 15 is 0 Å². The third-order valence-electron chi connectivity index (χ3n) is 5.12. The van der Waals surface area contributed by atoms with Gasteiger partial charge in [-0.15, -0.1) is 0 Å². The molecule has 0 aliphatic heterocycles. The van der Waals surface area contributed by atoms with Crippen molar-refractivity contribution < 1.29 is 4.74 Å². The van der Waals surface area contributed by atoms with E-state index in [9.17, 15) is 0 Å². The van der Waals surface area contributed by atoms with Gasteiger partial charge in [-0.05, 0) is 35.8 Å². The van der Waals surface area contributed by atoms with E-state index in [0.717, 1.165) is 57.6 Å². The monoisotopic (exact) mass is 380 g/mol. The molecule has 0 amide bonds. The number of allylic oxidation sites excluding steroid dienone is 4. The van der Waals surface area contributed by atoms with Crippen LogP contribution < -0.4 is 10.5 Å². The number of ether oxygens (including phenoxy) is 1. The van der Waals surface area contributed by atoms with Crippen LogP contribution in [-0.4, -0.2) is 15.2 Å². The number of aromatic amines is 1. The maximum Gasteiger partial charge on any atom is 0.155 e. The van der Waals surface area contributed by atoms with Crippen molar-refractivity contribution in [3.63, 3.8) is 0 Å². The number of fused-ring (bicyclic) bond motifs is 1. The molecule has 5 heteroatoms. The van der Waals surface area contributed by atoms with E-state index in [1.54, 1.807) is 0 Å². The summed E-state index contributed by atoms with van der Waals surface area (Å²) in [4.78, 5) is 4.77. The summed E-state index contributed by atoms with van der Waals surface area (Å²) < 4.78 is 5.97. The molecule has 0 atom stereocenters. The fourth-order valence-electron chi connectivity index (χ4n) is 3.67. The van der Waals surface area contributed by atoms with Gasteiger partial charge < -0.3 is 10.5 Å². The summed E-state index contributed by atoms with van der Waals surface area (Å²) in [6.07, 6.45) is 7.61. The number of nitrogens with two attached hydrogens (primary N) is 1. The minimum Gasteiger partial charge on any atom is -0.462 e. The molecule has 2 aromatic heterocycles. The molecule has 0 saturated carbocycles. The van der Waals surface area contributed by atoms with Gasteiger partial charge in [-0.2, -0.15) is 5.10 Å². The van der Waals surface area contributed by atoms with Crippen molar-refractivity contribution in [1.29, 1.82) is 0 Å². The lowest BCUT2D eigenvalue weighted by Gasteiger charge is -2.16. The minimum absolute atomic E-state index is 0.469. The van der Waals surface area contributed by atoms with Gasteiger partial charge in [-0.25, -0.2) is 0 Å². The Labute approximate surface area is 168 Å². The van der Waals surface area contributed by atoms with E-state index in [1.165, 1.54) is 0 Å². The molecule has 4 aromatic rings. The van der Waals surface area contributed by atoms with Crippen LogP contribution in [0.15, 0.2) is 84.8 Å². The molecular weight excluding hydrogens is 360 g/mol. The Bertz CT molecular complexity index is 1220. The molecule has 29 heavy (non-hydrogen) atoms. The summed E-state index contributed by atoms with van der Waals surface area (Å²) in [5.74, 6) is 2.26. The summed E-state index contributed by atoms with van der Waals surface area (Å²) in [6, 6.07) is 20.0. The van der Waals surface area contributed by atoms with E-state index in [1.807, 2.05) is 60.8 Å². The van der Waals surface area contributed by atoms with Crippen LogP contribution in [0.2, 0.25) is 0 Å². The average Bonchev–Trinajstić information content (AvgIpc) is 3.17. The van der Waals surface area contributed by atoms with Crippen LogP contribution in [0.25, 0.3) is 27.6 Å². The van der Waals surface area contributed by atoms with Gasteiger partial charge in [-0.1, -0.05) is 54.6 Å². The zero-order valence-electron chi connectivity index (χ0n) is 15.8. The third kappa shape index (κ3) is 3.27. The normalized spacial score (nSPS) is 13.8. The molecule has 2 heterocycles. The van der Waals surface area contributed by atoms with Crippen molar-refractivity contribution in [3.8, 4) is 16.9 Å². The highest BCUT2D eigenvalue weighted by molar-refractivity contribution is 6.04. The number of nitrogens with one attached hydrogen (secondary N) is 1. The Morgan fingerprint density at radius 2 is 1.66 bits per heavy atom. The molecule has 0 spiro atoms. The number of nitrogens with zero attached hydrogens (tertiary/aromatic N) is 2. The van der Waals surface area contributed by atoms with E-state index in [4.69, 9.17) is 15.5 Å². The number of pyridine rings is 1. The molecule has 0 bridgehead atoms. The molecule has 0 radical (unpaired) electrons. The Balaban J connectivity index is 1.52. The topological polar surface area (TPSA) is 76.8 Å². The van der Waals surface area contributed by atoms with Crippen LogP contribution in [0.3, 0.4) is 0 Å². The molecule has 1 aliphatic carbocycles. The van der Waals surface area contributed by atoms with Crippen molar-refractivity contribution in [1.82, 2.24) is 15.2 Å². The maximum absolute atomic E-state index is 6.21. The smallest absolute Gasteiger partial charge is 0.155 e. The zero-order chi connectivity index (χ0) is 19.6. The molecular formula is C24H20N4O. The van der Waals surface area contributed by atoms with E-state index in [0.29, 0.717) is 5.82 Å². The SMILES string of the molecule is Nc1n[nH]c2c(-c3ccccc3)cnc(C3=CC=C(Oc4ccccc4)CC3)c12. The summed E-state index contributed by atoms with van der Waals surface area (Å²) in [5.41, 5.74) is 11.2. The highest BCUT2D eigenvalue weighted by atomic mass is 16.5. The number of benzene rings is 2. The number of H-pyrrole nitrogens is 1. The first-order valence-electron chi connectivity index (χ1n) is 9.60. The van der Waals surface area contributed by atoms with Gasteiger partial charge in [0.25, 0.3) is 0 Å². The van der Waals surface area contributed by atoms with Gasteiger partial charge in [0.1, 0.15) is 11.5 Å². The third-order valence-corrected chi connectivity index (χ3v) is 5.12. The van der Waals surface area contributed by atoms with Crippen LogP contribution in [0.4, 0.5) is 5.82 Å². The first-order chi connectivity index (χ1) is 14.3. The Hall–Kier alpha value is -3.86. The summed E-state index contributed by atoms with van der Waals surface area (Å²) in [5, 5.41) is 8.22. The molecule has 1 aliphatic rings. The first kappa shape index (κ1) is 17.3. The molecule has 2 aromatic carbocycles. The Morgan fingerprint density at radius 1 is 0.897 bits per heavy atom. The quantitative estimate of drug-likeness (QED) is 0.500. The van der Waals surface area contributed by atoms with Crippen molar-refractivity contribution in [3.05, 3.63) is 90.5 Å². The number of rotatable bonds is 4. The molecule has 142 valence electrons. The lowest BCUT2D eigenvalue weighted by Crippen LogP contribution is -2.02. The van der Waals surface area contributed by atoms with Gasteiger partial charge in [0.2, 0.25) is 0 Å². The van der Waals surface area contributed by atoms with Crippen LogP contribution in [-0.2, 0) is 0 Å². The van der Waals surface area contributed by atoms with Crippen LogP contribution in [0.1, 0.15) is 18.5 Å². The molecule has 0 saturated heterocycles. The number of hydrogen-bond acceptors (Lipinski definition) is 4.